The molecule has 0 spiro atoms. The number of rotatable bonds is 6. The van der Waals surface area contributed by atoms with E-state index in [9.17, 15) is 0 Å². The summed E-state index contributed by atoms with van der Waals surface area (Å²) >= 11 is 4.94. The van der Waals surface area contributed by atoms with Gasteiger partial charge in [0.1, 0.15) is 11.5 Å². The van der Waals surface area contributed by atoms with Crippen molar-refractivity contribution >= 4 is 17.2 Å². The fourth-order valence-corrected chi connectivity index (χ4v) is 2.42. The Kier molecular flexibility index (Phi) is 5.13. The van der Waals surface area contributed by atoms with Crippen LogP contribution in [0.2, 0.25) is 0 Å². The predicted octanol–water partition coefficient (Wildman–Crippen LogP) is 4.33. The Morgan fingerprint density at radius 3 is 2.25 bits per heavy atom. The Balaban J connectivity index is 1.94. The third kappa shape index (κ3) is 4.67. The number of thiocarbonyl (C=S) groups is 1. The summed E-state index contributed by atoms with van der Waals surface area (Å²) in [5.74, 6) is 2.16. The lowest BCUT2D eigenvalue weighted by Crippen LogP contribution is -2.13. The molecule has 0 aliphatic heterocycles. The van der Waals surface area contributed by atoms with Crippen LogP contribution in [0.5, 0.6) is 11.5 Å². The molecule has 0 aliphatic carbocycles. The number of nitrogens with two attached hydrogens (primary N) is 1. The number of hydrogen-bond donors (Lipinski definition) is 1. The van der Waals surface area contributed by atoms with Crippen molar-refractivity contribution < 1.29 is 4.74 Å². The normalized spacial score (nSPS) is 11.8. The number of para-hydroxylation sites is 1. The molecule has 104 valence electrons. The first-order valence-electron chi connectivity index (χ1n) is 6.73. The first-order chi connectivity index (χ1) is 9.63. The largest absolute Gasteiger partial charge is 0.457 e. The lowest BCUT2D eigenvalue weighted by Gasteiger charge is -2.11. The maximum absolute atomic E-state index is 5.76. The van der Waals surface area contributed by atoms with Crippen LogP contribution < -0.4 is 10.5 Å². The Morgan fingerprint density at radius 2 is 1.65 bits per heavy atom. The minimum absolute atomic E-state index is 0.466. The van der Waals surface area contributed by atoms with Crippen LogP contribution in [0, 0.1) is 5.92 Å². The van der Waals surface area contributed by atoms with Gasteiger partial charge in [0.15, 0.2) is 0 Å². The minimum Gasteiger partial charge on any atom is -0.457 e. The van der Waals surface area contributed by atoms with Crippen molar-refractivity contribution in [3.05, 3.63) is 60.2 Å². The number of benzene rings is 2. The lowest BCUT2D eigenvalue weighted by molar-refractivity contribution is 0.482. The molecule has 20 heavy (non-hydrogen) atoms. The van der Waals surface area contributed by atoms with Crippen molar-refractivity contribution in [1.29, 1.82) is 0 Å². The zero-order valence-corrected chi connectivity index (χ0v) is 12.4. The van der Waals surface area contributed by atoms with Crippen LogP contribution in [0.25, 0.3) is 0 Å². The van der Waals surface area contributed by atoms with Crippen molar-refractivity contribution in [3.8, 4) is 11.5 Å². The molecule has 1 atom stereocenters. The first-order valence-corrected chi connectivity index (χ1v) is 7.14. The predicted molar refractivity (Wildman–Crippen MR) is 87.2 cm³/mol. The molecule has 0 bridgehead atoms. The number of ether oxygens (including phenoxy) is 1. The van der Waals surface area contributed by atoms with Gasteiger partial charge in [-0.15, -0.1) is 0 Å². The van der Waals surface area contributed by atoms with E-state index in [0.717, 1.165) is 24.3 Å². The van der Waals surface area contributed by atoms with E-state index in [-0.39, 0.29) is 0 Å². The highest BCUT2D eigenvalue weighted by molar-refractivity contribution is 7.80. The monoisotopic (exact) mass is 285 g/mol. The third-order valence-corrected chi connectivity index (χ3v) is 3.20. The Bertz CT molecular complexity index is 551. The van der Waals surface area contributed by atoms with Gasteiger partial charge in [-0.2, -0.15) is 0 Å². The van der Waals surface area contributed by atoms with Crippen LogP contribution in [0.3, 0.4) is 0 Å². The molecular formula is C17H19NOS. The molecule has 2 rings (SSSR count). The topological polar surface area (TPSA) is 35.2 Å². The summed E-state index contributed by atoms with van der Waals surface area (Å²) in [6.07, 6.45) is 1.76. The molecule has 0 heterocycles. The highest BCUT2D eigenvalue weighted by atomic mass is 32.1. The molecule has 2 nitrogen and oxygen atoms in total. The smallest absolute Gasteiger partial charge is 0.127 e. The van der Waals surface area contributed by atoms with E-state index in [1.807, 2.05) is 42.5 Å². The van der Waals surface area contributed by atoms with Gasteiger partial charge in [0.05, 0.1) is 4.99 Å². The van der Waals surface area contributed by atoms with E-state index in [1.165, 1.54) is 5.56 Å². The maximum Gasteiger partial charge on any atom is 0.127 e. The molecule has 0 saturated heterocycles. The summed E-state index contributed by atoms with van der Waals surface area (Å²) in [5.41, 5.74) is 6.84. The zero-order chi connectivity index (χ0) is 14.4. The van der Waals surface area contributed by atoms with Gasteiger partial charge in [0.25, 0.3) is 0 Å². The SMILES string of the molecule is CC(CC(N)=S)Cc1ccc(Oc2ccccc2)cc1. The molecular weight excluding hydrogens is 266 g/mol. The third-order valence-electron chi connectivity index (χ3n) is 3.04. The first kappa shape index (κ1) is 14.5. The van der Waals surface area contributed by atoms with Gasteiger partial charge in [-0.05, 0) is 42.2 Å². The molecule has 2 N–H and O–H groups in total. The van der Waals surface area contributed by atoms with E-state index in [1.54, 1.807) is 0 Å². The van der Waals surface area contributed by atoms with Gasteiger partial charge in [0.2, 0.25) is 0 Å². The van der Waals surface area contributed by atoms with Crippen molar-refractivity contribution in [2.24, 2.45) is 11.7 Å². The average Bonchev–Trinajstić information content (AvgIpc) is 2.41. The zero-order valence-electron chi connectivity index (χ0n) is 11.6. The lowest BCUT2D eigenvalue weighted by atomic mass is 9.98. The van der Waals surface area contributed by atoms with Crippen molar-refractivity contribution in [2.45, 2.75) is 19.8 Å². The van der Waals surface area contributed by atoms with Gasteiger partial charge in [-0.3, -0.25) is 0 Å². The fraction of sp³-hybridized carbons (Fsp3) is 0.235. The van der Waals surface area contributed by atoms with E-state index in [2.05, 4.69) is 19.1 Å². The van der Waals surface area contributed by atoms with E-state index in [0.29, 0.717) is 10.9 Å². The minimum atomic E-state index is 0.466. The number of hydrogen-bond acceptors (Lipinski definition) is 2. The van der Waals surface area contributed by atoms with Crippen LogP contribution in [-0.4, -0.2) is 4.99 Å². The highest BCUT2D eigenvalue weighted by Crippen LogP contribution is 2.22. The second kappa shape index (κ2) is 7.06. The maximum atomic E-state index is 5.76. The van der Waals surface area contributed by atoms with Gasteiger partial charge < -0.3 is 10.5 Å². The molecule has 1 unspecified atom stereocenters. The van der Waals surface area contributed by atoms with Crippen LogP contribution in [0.4, 0.5) is 0 Å². The standard InChI is InChI=1S/C17H19NOS/c1-13(12-17(18)20)11-14-7-9-16(10-8-14)19-15-5-3-2-4-6-15/h2-10,13H,11-12H2,1H3,(H2,18,20). The van der Waals surface area contributed by atoms with Gasteiger partial charge >= 0.3 is 0 Å². The summed E-state index contributed by atoms with van der Waals surface area (Å²) in [4.78, 5) is 0.585. The van der Waals surface area contributed by atoms with Crippen LogP contribution in [0.1, 0.15) is 18.9 Å². The quantitative estimate of drug-likeness (QED) is 0.802. The summed E-state index contributed by atoms with van der Waals surface area (Å²) in [6.45, 7) is 2.16. The molecule has 0 radical (unpaired) electrons. The molecule has 2 aromatic carbocycles. The summed E-state index contributed by atoms with van der Waals surface area (Å²) in [5, 5.41) is 0. The molecule has 0 fully saturated rings. The van der Waals surface area contributed by atoms with Crippen molar-refractivity contribution in [3.63, 3.8) is 0 Å². The molecule has 0 amide bonds. The highest BCUT2D eigenvalue weighted by Gasteiger charge is 2.05. The van der Waals surface area contributed by atoms with Crippen molar-refractivity contribution in [2.75, 3.05) is 0 Å². The summed E-state index contributed by atoms with van der Waals surface area (Å²) < 4.78 is 5.76. The van der Waals surface area contributed by atoms with Crippen LogP contribution in [-0.2, 0) is 6.42 Å². The molecule has 0 aliphatic rings. The fourth-order valence-electron chi connectivity index (χ4n) is 2.14. The second-order valence-electron chi connectivity index (χ2n) is 5.04. The van der Waals surface area contributed by atoms with Gasteiger partial charge in [0, 0.05) is 6.42 Å². The molecule has 0 aromatic heterocycles. The Labute approximate surface area is 125 Å². The second-order valence-corrected chi connectivity index (χ2v) is 5.56. The van der Waals surface area contributed by atoms with Gasteiger partial charge in [-0.25, -0.2) is 0 Å². The average molecular weight is 285 g/mol. The van der Waals surface area contributed by atoms with E-state index < -0.39 is 0 Å². The Hall–Kier alpha value is -1.87. The van der Waals surface area contributed by atoms with Gasteiger partial charge in [-0.1, -0.05) is 49.5 Å². The van der Waals surface area contributed by atoms with E-state index in [4.69, 9.17) is 22.7 Å². The molecule has 3 heteroatoms. The van der Waals surface area contributed by atoms with Crippen LogP contribution in [0.15, 0.2) is 54.6 Å². The molecule has 2 aromatic rings. The van der Waals surface area contributed by atoms with E-state index >= 15 is 0 Å². The van der Waals surface area contributed by atoms with Crippen molar-refractivity contribution in [1.82, 2.24) is 0 Å². The van der Waals surface area contributed by atoms with Crippen LogP contribution >= 0.6 is 12.2 Å². The molecule has 0 saturated carbocycles. The summed E-state index contributed by atoms with van der Waals surface area (Å²) in [7, 11) is 0. The summed E-state index contributed by atoms with van der Waals surface area (Å²) in [6, 6.07) is 18.0. The Morgan fingerprint density at radius 1 is 1.05 bits per heavy atom.